The summed E-state index contributed by atoms with van der Waals surface area (Å²) >= 11 is 0. The molecule has 1 amide bonds. The van der Waals surface area contributed by atoms with Gasteiger partial charge in [0.25, 0.3) is 0 Å². The van der Waals surface area contributed by atoms with E-state index in [2.05, 4.69) is 38.3 Å². The molecule has 3 nitrogen and oxygen atoms in total. The van der Waals surface area contributed by atoms with Gasteiger partial charge < -0.3 is 10.6 Å². The second-order valence-electron chi connectivity index (χ2n) is 6.81. The first-order chi connectivity index (χ1) is 7.85. The third-order valence-electron chi connectivity index (χ3n) is 5.21. The van der Waals surface area contributed by atoms with Gasteiger partial charge in [-0.1, -0.05) is 40.5 Å². The molecule has 2 saturated carbocycles. The van der Waals surface area contributed by atoms with Crippen molar-refractivity contribution in [3.8, 4) is 0 Å². The van der Waals surface area contributed by atoms with Gasteiger partial charge in [0.1, 0.15) is 0 Å². The molecule has 0 aromatic heterocycles. The van der Waals surface area contributed by atoms with Gasteiger partial charge in [-0.3, -0.25) is 4.79 Å². The molecular formula is C14H26N2O. The lowest BCUT2D eigenvalue weighted by Gasteiger charge is -2.12. The van der Waals surface area contributed by atoms with E-state index in [9.17, 15) is 4.79 Å². The fourth-order valence-electron chi connectivity index (χ4n) is 3.25. The lowest BCUT2D eigenvalue weighted by atomic mass is 10.0. The lowest BCUT2D eigenvalue weighted by Crippen LogP contribution is -2.40. The molecule has 0 radical (unpaired) electrons. The van der Waals surface area contributed by atoms with Crippen LogP contribution >= 0.6 is 0 Å². The number of hydrogen-bond acceptors (Lipinski definition) is 2. The van der Waals surface area contributed by atoms with Crippen LogP contribution in [0.1, 0.15) is 53.4 Å². The molecule has 2 N–H and O–H groups in total. The smallest absolute Gasteiger partial charge is 0.234 e. The predicted octanol–water partition coefficient (Wildman–Crippen LogP) is 2.07. The summed E-state index contributed by atoms with van der Waals surface area (Å²) in [7, 11) is 0. The monoisotopic (exact) mass is 238 g/mol. The average Bonchev–Trinajstić information content (AvgIpc) is 2.61. The van der Waals surface area contributed by atoms with Crippen molar-refractivity contribution in [2.45, 2.75) is 65.5 Å². The molecule has 0 bridgehead atoms. The number of carbonyl (C=O) groups is 1. The summed E-state index contributed by atoms with van der Waals surface area (Å²) in [4.78, 5) is 11.8. The molecule has 0 heterocycles. The Hall–Kier alpha value is -0.570. The van der Waals surface area contributed by atoms with E-state index in [1.165, 1.54) is 12.8 Å². The normalized spacial score (nSPS) is 27.1. The Morgan fingerprint density at radius 2 is 1.65 bits per heavy atom. The minimum Gasteiger partial charge on any atom is -0.352 e. The number of amides is 1. The minimum absolute atomic E-state index is 0.162. The molecule has 17 heavy (non-hydrogen) atoms. The zero-order valence-corrected chi connectivity index (χ0v) is 11.6. The van der Waals surface area contributed by atoms with E-state index in [1.54, 1.807) is 0 Å². The van der Waals surface area contributed by atoms with Gasteiger partial charge in [-0.15, -0.1) is 0 Å². The summed E-state index contributed by atoms with van der Waals surface area (Å²) in [6, 6.07) is 0.897. The fraction of sp³-hybridized carbons (Fsp3) is 0.929. The van der Waals surface area contributed by atoms with Gasteiger partial charge in [0.2, 0.25) is 5.91 Å². The topological polar surface area (TPSA) is 41.1 Å². The SMILES string of the molecule is CC1(C)C(NCC(=O)NC2CCCC2)C1(C)C. The standard InChI is InChI=1S/C14H26N2O/c1-13(2)12(14(13,3)4)15-9-11(17)16-10-7-5-6-8-10/h10,12,15H,5-9H2,1-4H3,(H,16,17). The van der Waals surface area contributed by atoms with E-state index in [0.29, 0.717) is 29.5 Å². The second-order valence-corrected chi connectivity index (χ2v) is 6.81. The molecule has 0 aliphatic heterocycles. The molecule has 0 spiro atoms. The molecule has 0 aromatic rings. The van der Waals surface area contributed by atoms with Crippen LogP contribution < -0.4 is 10.6 Å². The van der Waals surface area contributed by atoms with E-state index in [4.69, 9.17) is 0 Å². The van der Waals surface area contributed by atoms with E-state index in [0.717, 1.165) is 12.8 Å². The van der Waals surface area contributed by atoms with Crippen molar-refractivity contribution in [3.63, 3.8) is 0 Å². The van der Waals surface area contributed by atoms with Gasteiger partial charge in [0.15, 0.2) is 0 Å². The Kier molecular flexibility index (Phi) is 3.23. The summed E-state index contributed by atoms with van der Waals surface area (Å²) in [6.45, 7) is 9.52. The molecule has 98 valence electrons. The maximum atomic E-state index is 11.8. The highest BCUT2D eigenvalue weighted by atomic mass is 16.2. The number of hydrogen-bond donors (Lipinski definition) is 2. The lowest BCUT2D eigenvalue weighted by molar-refractivity contribution is -0.120. The van der Waals surface area contributed by atoms with Gasteiger partial charge in [0.05, 0.1) is 6.54 Å². The Morgan fingerprint density at radius 3 is 2.12 bits per heavy atom. The third-order valence-corrected chi connectivity index (χ3v) is 5.21. The van der Waals surface area contributed by atoms with Gasteiger partial charge in [-0.05, 0) is 23.7 Å². The van der Waals surface area contributed by atoms with Gasteiger partial charge in [0, 0.05) is 12.1 Å². The van der Waals surface area contributed by atoms with Crippen LogP contribution in [0.25, 0.3) is 0 Å². The maximum absolute atomic E-state index is 11.8. The number of rotatable bonds is 4. The molecule has 0 aromatic carbocycles. The molecule has 3 heteroatoms. The number of carbonyl (C=O) groups excluding carboxylic acids is 1. The highest BCUT2D eigenvalue weighted by molar-refractivity contribution is 5.78. The Morgan fingerprint density at radius 1 is 1.12 bits per heavy atom. The van der Waals surface area contributed by atoms with E-state index >= 15 is 0 Å². The highest BCUT2D eigenvalue weighted by Crippen LogP contribution is 2.62. The molecular weight excluding hydrogens is 212 g/mol. The second kappa shape index (κ2) is 4.27. The average molecular weight is 238 g/mol. The summed E-state index contributed by atoms with van der Waals surface area (Å²) < 4.78 is 0. The molecule has 2 aliphatic carbocycles. The number of nitrogens with one attached hydrogen (secondary N) is 2. The van der Waals surface area contributed by atoms with Crippen LogP contribution in [0.2, 0.25) is 0 Å². The summed E-state index contributed by atoms with van der Waals surface area (Å²) in [6.07, 6.45) is 4.85. The maximum Gasteiger partial charge on any atom is 0.234 e. The molecule has 2 rings (SSSR count). The molecule has 2 fully saturated rings. The van der Waals surface area contributed by atoms with E-state index in [1.807, 2.05) is 0 Å². The first-order valence-corrected chi connectivity index (χ1v) is 6.88. The zero-order valence-electron chi connectivity index (χ0n) is 11.6. The Labute approximate surface area is 105 Å². The van der Waals surface area contributed by atoms with Crippen LogP contribution in [0.4, 0.5) is 0 Å². The molecule has 0 atom stereocenters. The zero-order chi connectivity index (χ0) is 12.7. The van der Waals surface area contributed by atoms with E-state index < -0.39 is 0 Å². The minimum atomic E-state index is 0.162. The van der Waals surface area contributed by atoms with Crippen molar-refractivity contribution in [1.29, 1.82) is 0 Å². The molecule has 0 saturated heterocycles. The van der Waals surface area contributed by atoms with Gasteiger partial charge in [-0.25, -0.2) is 0 Å². The van der Waals surface area contributed by atoms with E-state index in [-0.39, 0.29) is 5.91 Å². The Balaban J connectivity index is 1.70. The van der Waals surface area contributed by atoms with Crippen molar-refractivity contribution in [2.75, 3.05) is 6.54 Å². The summed E-state index contributed by atoms with van der Waals surface area (Å²) in [5.41, 5.74) is 0.612. The largest absolute Gasteiger partial charge is 0.352 e. The van der Waals surface area contributed by atoms with Crippen molar-refractivity contribution >= 4 is 5.91 Å². The highest BCUT2D eigenvalue weighted by Gasteiger charge is 2.64. The fourth-order valence-corrected chi connectivity index (χ4v) is 3.25. The van der Waals surface area contributed by atoms with Gasteiger partial charge >= 0.3 is 0 Å². The van der Waals surface area contributed by atoms with Crippen molar-refractivity contribution < 1.29 is 4.79 Å². The van der Waals surface area contributed by atoms with Crippen molar-refractivity contribution in [1.82, 2.24) is 10.6 Å². The predicted molar refractivity (Wildman–Crippen MR) is 69.8 cm³/mol. The third kappa shape index (κ3) is 2.35. The van der Waals surface area contributed by atoms with Gasteiger partial charge in [-0.2, -0.15) is 0 Å². The van der Waals surface area contributed by atoms with Crippen LogP contribution in [-0.2, 0) is 4.79 Å². The van der Waals surface area contributed by atoms with Crippen LogP contribution in [-0.4, -0.2) is 24.5 Å². The van der Waals surface area contributed by atoms with Crippen LogP contribution in [0.3, 0.4) is 0 Å². The van der Waals surface area contributed by atoms with Crippen molar-refractivity contribution in [3.05, 3.63) is 0 Å². The van der Waals surface area contributed by atoms with Crippen LogP contribution in [0.15, 0.2) is 0 Å². The molecule has 2 aliphatic rings. The summed E-state index contributed by atoms with van der Waals surface area (Å²) in [5, 5.41) is 6.51. The summed E-state index contributed by atoms with van der Waals surface area (Å²) in [5.74, 6) is 0.162. The first-order valence-electron chi connectivity index (χ1n) is 6.88. The van der Waals surface area contributed by atoms with Crippen LogP contribution in [0, 0.1) is 10.8 Å². The van der Waals surface area contributed by atoms with Crippen molar-refractivity contribution in [2.24, 2.45) is 10.8 Å². The molecule has 0 unspecified atom stereocenters. The Bertz CT molecular complexity index is 289. The quantitative estimate of drug-likeness (QED) is 0.787. The first kappa shape index (κ1) is 12.9. The van der Waals surface area contributed by atoms with Crippen LogP contribution in [0.5, 0.6) is 0 Å².